The Kier molecular flexibility index (Phi) is 6.19. The maximum Gasteiger partial charge on any atom is 0.0479 e. The molecular formula is C13H24N2O. The third-order valence-electron chi connectivity index (χ3n) is 2.76. The minimum Gasteiger partial charge on any atom is -0.385 e. The number of aryl methyl sites for hydroxylation is 1. The van der Waals surface area contributed by atoms with Gasteiger partial charge in [-0.05, 0) is 38.4 Å². The van der Waals surface area contributed by atoms with Gasteiger partial charge in [-0.2, -0.15) is 0 Å². The van der Waals surface area contributed by atoms with Crippen molar-refractivity contribution in [3.63, 3.8) is 0 Å². The molecule has 1 atom stereocenters. The highest BCUT2D eigenvalue weighted by Gasteiger charge is 2.08. The molecule has 1 N–H and O–H groups in total. The van der Waals surface area contributed by atoms with Crippen molar-refractivity contribution in [1.29, 1.82) is 0 Å². The molecule has 0 aromatic carbocycles. The zero-order valence-corrected chi connectivity index (χ0v) is 10.7. The average molecular weight is 224 g/mol. The van der Waals surface area contributed by atoms with Crippen molar-refractivity contribution < 1.29 is 4.74 Å². The van der Waals surface area contributed by atoms with Crippen molar-refractivity contribution in [1.82, 2.24) is 9.88 Å². The van der Waals surface area contributed by atoms with E-state index >= 15 is 0 Å². The van der Waals surface area contributed by atoms with Gasteiger partial charge >= 0.3 is 0 Å². The van der Waals surface area contributed by atoms with Crippen molar-refractivity contribution in [2.75, 3.05) is 20.3 Å². The van der Waals surface area contributed by atoms with Crippen LogP contribution < -0.4 is 5.32 Å². The molecule has 3 nitrogen and oxygen atoms in total. The van der Waals surface area contributed by atoms with Gasteiger partial charge < -0.3 is 14.6 Å². The molecule has 3 heteroatoms. The van der Waals surface area contributed by atoms with Crippen LogP contribution in [-0.2, 0) is 11.3 Å². The number of methoxy groups -OCH3 is 1. The van der Waals surface area contributed by atoms with Crippen molar-refractivity contribution >= 4 is 0 Å². The van der Waals surface area contributed by atoms with Gasteiger partial charge in [0.1, 0.15) is 0 Å². The molecule has 0 aliphatic heterocycles. The minimum atomic E-state index is 0.428. The van der Waals surface area contributed by atoms with Gasteiger partial charge in [-0.15, -0.1) is 0 Å². The fourth-order valence-corrected chi connectivity index (χ4v) is 1.87. The Morgan fingerprint density at radius 2 is 2.31 bits per heavy atom. The Morgan fingerprint density at radius 3 is 3.00 bits per heavy atom. The monoisotopic (exact) mass is 224 g/mol. The van der Waals surface area contributed by atoms with E-state index in [2.05, 4.69) is 42.1 Å². The van der Waals surface area contributed by atoms with Crippen LogP contribution in [0.4, 0.5) is 0 Å². The standard InChI is InChI=1S/C13H24N2O/c1-4-8-14-12(2)13-7-5-9-15(13)10-6-11-16-3/h5,7,9,12,14H,4,6,8,10-11H2,1-3H3. The van der Waals surface area contributed by atoms with Gasteiger partial charge in [0.15, 0.2) is 0 Å². The molecule has 0 spiro atoms. The molecule has 0 saturated carbocycles. The van der Waals surface area contributed by atoms with Crippen molar-refractivity contribution in [3.8, 4) is 0 Å². The summed E-state index contributed by atoms with van der Waals surface area (Å²) in [6.07, 6.45) is 4.39. The lowest BCUT2D eigenvalue weighted by Gasteiger charge is -2.16. The summed E-state index contributed by atoms with van der Waals surface area (Å²) in [5.41, 5.74) is 1.37. The summed E-state index contributed by atoms with van der Waals surface area (Å²) in [6.45, 7) is 7.35. The Morgan fingerprint density at radius 1 is 1.50 bits per heavy atom. The normalized spacial score (nSPS) is 12.9. The summed E-state index contributed by atoms with van der Waals surface area (Å²) in [6, 6.07) is 4.74. The van der Waals surface area contributed by atoms with E-state index in [-0.39, 0.29) is 0 Å². The van der Waals surface area contributed by atoms with Crippen LogP contribution in [-0.4, -0.2) is 24.8 Å². The van der Waals surface area contributed by atoms with Crippen LogP contribution >= 0.6 is 0 Å². The Bertz CT molecular complexity index is 283. The molecule has 0 saturated heterocycles. The summed E-state index contributed by atoms with van der Waals surface area (Å²) in [5.74, 6) is 0. The molecule has 16 heavy (non-hydrogen) atoms. The molecule has 0 fully saturated rings. The van der Waals surface area contributed by atoms with Crippen LogP contribution in [0.1, 0.15) is 38.4 Å². The Hall–Kier alpha value is -0.800. The fraction of sp³-hybridized carbons (Fsp3) is 0.692. The second-order valence-corrected chi connectivity index (χ2v) is 4.15. The van der Waals surface area contributed by atoms with Gasteiger partial charge in [0, 0.05) is 38.2 Å². The minimum absolute atomic E-state index is 0.428. The molecule has 1 rings (SSSR count). The number of hydrogen-bond acceptors (Lipinski definition) is 2. The zero-order valence-electron chi connectivity index (χ0n) is 10.7. The number of ether oxygens (including phenoxy) is 1. The maximum atomic E-state index is 5.08. The van der Waals surface area contributed by atoms with E-state index in [4.69, 9.17) is 4.74 Å². The first-order valence-electron chi connectivity index (χ1n) is 6.17. The Balaban J connectivity index is 2.48. The summed E-state index contributed by atoms with van der Waals surface area (Å²) < 4.78 is 7.39. The van der Waals surface area contributed by atoms with Crippen LogP contribution in [0.5, 0.6) is 0 Å². The maximum absolute atomic E-state index is 5.08. The molecule has 0 aliphatic carbocycles. The smallest absolute Gasteiger partial charge is 0.0479 e. The van der Waals surface area contributed by atoms with Crippen LogP contribution in [0, 0.1) is 0 Å². The predicted molar refractivity (Wildman–Crippen MR) is 67.6 cm³/mol. The number of hydrogen-bond donors (Lipinski definition) is 1. The number of rotatable bonds is 8. The molecule has 0 amide bonds. The molecule has 0 radical (unpaired) electrons. The van der Waals surface area contributed by atoms with Gasteiger partial charge in [-0.3, -0.25) is 0 Å². The largest absolute Gasteiger partial charge is 0.385 e. The molecule has 0 aliphatic rings. The van der Waals surface area contributed by atoms with E-state index in [1.165, 1.54) is 12.1 Å². The van der Waals surface area contributed by atoms with Crippen molar-refractivity contribution in [2.45, 2.75) is 39.3 Å². The highest BCUT2D eigenvalue weighted by atomic mass is 16.5. The third-order valence-corrected chi connectivity index (χ3v) is 2.76. The Labute approximate surface area is 98.8 Å². The van der Waals surface area contributed by atoms with Crippen molar-refractivity contribution in [2.24, 2.45) is 0 Å². The SMILES string of the molecule is CCCNC(C)c1cccn1CCCOC. The van der Waals surface area contributed by atoms with E-state index in [1.807, 2.05) is 0 Å². The molecule has 1 aromatic rings. The topological polar surface area (TPSA) is 26.2 Å². The molecular weight excluding hydrogens is 200 g/mol. The van der Waals surface area contributed by atoms with E-state index in [0.717, 1.165) is 26.1 Å². The van der Waals surface area contributed by atoms with Crippen LogP contribution in [0.2, 0.25) is 0 Å². The van der Waals surface area contributed by atoms with Gasteiger partial charge in [0.25, 0.3) is 0 Å². The van der Waals surface area contributed by atoms with Crippen LogP contribution in [0.3, 0.4) is 0 Å². The van der Waals surface area contributed by atoms with Gasteiger partial charge in [-0.1, -0.05) is 6.92 Å². The lowest BCUT2D eigenvalue weighted by molar-refractivity contribution is 0.190. The van der Waals surface area contributed by atoms with Crippen LogP contribution in [0.15, 0.2) is 18.3 Å². The summed E-state index contributed by atoms with van der Waals surface area (Å²) >= 11 is 0. The van der Waals surface area contributed by atoms with E-state index in [9.17, 15) is 0 Å². The highest BCUT2D eigenvalue weighted by Crippen LogP contribution is 2.13. The number of nitrogens with zero attached hydrogens (tertiary/aromatic N) is 1. The predicted octanol–water partition coefficient (Wildman–Crippen LogP) is 2.59. The van der Waals surface area contributed by atoms with Crippen LogP contribution in [0.25, 0.3) is 0 Å². The summed E-state index contributed by atoms with van der Waals surface area (Å²) in [5, 5.41) is 3.51. The zero-order chi connectivity index (χ0) is 11.8. The quantitative estimate of drug-likeness (QED) is 0.687. The molecule has 92 valence electrons. The second kappa shape index (κ2) is 7.47. The lowest BCUT2D eigenvalue weighted by Crippen LogP contribution is -2.22. The first kappa shape index (κ1) is 13.3. The average Bonchev–Trinajstić information content (AvgIpc) is 2.74. The van der Waals surface area contributed by atoms with Gasteiger partial charge in [0.05, 0.1) is 0 Å². The molecule has 1 aromatic heterocycles. The second-order valence-electron chi connectivity index (χ2n) is 4.15. The summed E-state index contributed by atoms with van der Waals surface area (Å²) in [7, 11) is 1.75. The van der Waals surface area contributed by atoms with Gasteiger partial charge in [-0.25, -0.2) is 0 Å². The molecule has 1 heterocycles. The molecule has 0 bridgehead atoms. The first-order chi connectivity index (χ1) is 7.79. The first-order valence-corrected chi connectivity index (χ1v) is 6.17. The number of nitrogens with one attached hydrogen (secondary N) is 1. The molecule has 1 unspecified atom stereocenters. The highest BCUT2D eigenvalue weighted by molar-refractivity contribution is 5.11. The van der Waals surface area contributed by atoms with E-state index < -0.39 is 0 Å². The lowest BCUT2D eigenvalue weighted by atomic mass is 10.2. The van der Waals surface area contributed by atoms with E-state index in [1.54, 1.807) is 7.11 Å². The third kappa shape index (κ3) is 3.99. The fourth-order valence-electron chi connectivity index (χ4n) is 1.87. The number of aromatic nitrogens is 1. The van der Waals surface area contributed by atoms with Gasteiger partial charge in [0.2, 0.25) is 0 Å². The summed E-state index contributed by atoms with van der Waals surface area (Å²) in [4.78, 5) is 0. The van der Waals surface area contributed by atoms with Crippen molar-refractivity contribution in [3.05, 3.63) is 24.0 Å². The van der Waals surface area contributed by atoms with E-state index in [0.29, 0.717) is 6.04 Å².